The van der Waals surface area contributed by atoms with Crippen LogP contribution in [-0.2, 0) is 39.0 Å². The van der Waals surface area contributed by atoms with Crippen LogP contribution in [0.25, 0.3) is 11.3 Å². The molecule has 44 heavy (non-hydrogen) atoms. The van der Waals surface area contributed by atoms with Crippen molar-refractivity contribution in [2.45, 2.75) is 49.6 Å². The van der Waals surface area contributed by atoms with Gasteiger partial charge in [-0.05, 0) is 81.2 Å². The Morgan fingerprint density at radius 2 is 1.77 bits per heavy atom. The van der Waals surface area contributed by atoms with Crippen molar-refractivity contribution in [1.82, 2.24) is 19.5 Å². The Bertz CT molecular complexity index is 1660. The Hall–Kier alpha value is -3.46. The van der Waals surface area contributed by atoms with Crippen molar-refractivity contribution >= 4 is 33.2 Å². The predicted octanol–water partition coefficient (Wildman–Crippen LogP) is 3.69. The summed E-state index contributed by atoms with van der Waals surface area (Å²) >= 11 is 1.25. The minimum absolute atomic E-state index is 0.00787. The number of aliphatic carboxylic acids is 1. The molecule has 0 spiro atoms. The van der Waals surface area contributed by atoms with Gasteiger partial charge in [-0.25, -0.2) is 22.2 Å². The summed E-state index contributed by atoms with van der Waals surface area (Å²) in [5, 5.41) is 14.5. The van der Waals surface area contributed by atoms with Gasteiger partial charge in [0.25, 0.3) is 0 Å². The number of rotatable bonds is 10. The second kappa shape index (κ2) is 12.5. The van der Waals surface area contributed by atoms with Crippen LogP contribution in [0.1, 0.15) is 35.4 Å². The molecule has 2 aromatic carbocycles. The zero-order valence-electron chi connectivity index (χ0n) is 24.6. The molecule has 14 heteroatoms. The van der Waals surface area contributed by atoms with Crippen molar-refractivity contribution in [2.24, 2.45) is 5.41 Å². The van der Waals surface area contributed by atoms with E-state index in [9.17, 15) is 31.9 Å². The van der Waals surface area contributed by atoms with Gasteiger partial charge in [0, 0.05) is 30.1 Å². The number of ether oxygens (including phenoxy) is 1. The van der Waals surface area contributed by atoms with Crippen molar-refractivity contribution in [3.05, 3.63) is 63.5 Å². The fourth-order valence-corrected chi connectivity index (χ4v) is 8.44. The summed E-state index contributed by atoms with van der Waals surface area (Å²) < 4.78 is 61.8. The number of carbonyl (C=O) groups is 2. The van der Waals surface area contributed by atoms with Crippen LogP contribution in [0.4, 0.5) is 8.78 Å². The number of sulfonamides is 1. The first-order valence-electron chi connectivity index (χ1n) is 14.1. The van der Waals surface area contributed by atoms with Crippen LogP contribution in [0.15, 0.2) is 40.6 Å². The molecule has 236 valence electrons. The number of hydrogen-bond donors (Lipinski definition) is 2. The van der Waals surface area contributed by atoms with Crippen molar-refractivity contribution in [3.63, 3.8) is 0 Å². The third-order valence-electron chi connectivity index (χ3n) is 8.45. The number of amides is 1. The summed E-state index contributed by atoms with van der Waals surface area (Å²) in [5.74, 6) is -3.61. The number of carboxylic acids is 1. The molecule has 1 amide bonds. The molecule has 5 rings (SSSR count). The van der Waals surface area contributed by atoms with Gasteiger partial charge in [-0.3, -0.25) is 9.59 Å². The van der Waals surface area contributed by atoms with Crippen LogP contribution in [0, 0.1) is 17.0 Å². The Kier molecular flexibility index (Phi) is 9.08. The molecule has 0 atom stereocenters. The van der Waals surface area contributed by atoms with E-state index in [1.807, 2.05) is 14.1 Å². The van der Waals surface area contributed by atoms with Crippen molar-refractivity contribution < 1.29 is 36.6 Å². The summed E-state index contributed by atoms with van der Waals surface area (Å²) in [6, 6.07) is 7.20. The number of carbonyl (C=O) groups excluding carboxylic acids is 1. The summed E-state index contributed by atoms with van der Waals surface area (Å²) in [7, 11) is 1.55. The molecule has 1 fully saturated rings. The van der Waals surface area contributed by atoms with Crippen LogP contribution in [0.5, 0.6) is 5.75 Å². The first kappa shape index (κ1) is 31.9. The van der Waals surface area contributed by atoms with Gasteiger partial charge in [0.1, 0.15) is 15.7 Å². The van der Waals surface area contributed by atoms with Gasteiger partial charge in [-0.15, -0.1) is 11.3 Å². The van der Waals surface area contributed by atoms with E-state index in [4.69, 9.17) is 4.74 Å². The van der Waals surface area contributed by atoms with Crippen LogP contribution in [0.3, 0.4) is 0 Å². The molecule has 2 heterocycles. The van der Waals surface area contributed by atoms with Gasteiger partial charge < -0.3 is 20.1 Å². The van der Waals surface area contributed by atoms with Crippen molar-refractivity contribution in [2.75, 3.05) is 34.3 Å². The van der Waals surface area contributed by atoms with Gasteiger partial charge >= 0.3 is 5.97 Å². The van der Waals surface area contributed by atoms with Crippen LogP contribution in [-0.4, -0.2) is 79.9 Å². The highest BCUT2D eigenvalue weighted by molar-refractivity contribution is 7.89. The van der Waals surface area contributed by atoms with Gasteiger partial charge in [0.2, 0.25) is 15.9 Å². The lowest BCUT2D eigenvalue weighted by Gasteiger charge is -2.34. The number of nitrogens with one attached hydrogen (secondary N) is 1. The zero-order valence-corrected chi connectivity index (χ0v) is 26.2. The summed E-state index contributed by atoms with van der Waals surface area (Å²) in [6.07, 6.45) is 0.884. The summed E-state index contributed by atoms with van der Waals surface area (Å²) in [5.41, 5.74) is 0.478. The van der Waals surface area contributed by atoms with Gasteiger partial charge in [0.15, 0.2) is 11.6 Å². The summed E-state index contributed by atoms with van der Waals surface area (Å²) in [4.78, 5) is 31.8. The molecule has 0 saturated carbocycles. The van der Waals surface area contributed by atoms with E-state index in [1.165, 1.54) is 22.8 Å². The van der Waals surface area contributed by atoms with E-state index in [0.717, 1.165) is 25.0 Å². The minimum atomic E-state index is -3.84. The van der Waals surface area contributed by atoms with E-state index in [0.29, 0.717) is 46.5 Å². The first-order chi connectivity index (χ1) is 20.8. The Labute approximate surface area is 258 Å². The third kappa shape index (κ3) is 6.34. The van der Waals surface area contributed by atoms with Gasteiger partial charge in [0.05, 0.1) is 31.2 Å². The second-order valence-electron chi connectivity index (χ2n) is 11.5. The monoisotopic (exact) mass is 648 g/mol. The van der Waals surface area contributed by atoms with Crippen molar-refractivity contribution in [1.29, 1.82) is 0 Å². The molecule has 1 saturated heterocycles. The first-order valence-corrected chi connectivity index (χ1v) is 16.4. The zero-order chi connectivity index (χ0) is 31.8. The molecule has 10 nitrogen and oxygen atoms in total. The van der Waals surface area contributed by atoms with Crippen molar-refractivity contribution in [3.8, 4) is 17.0 Å². The third-order valence-corrected chi connectivity index (χ3v) is 11.2. The number of fused-ring (bicyclic) bond motifs is 1. The number of aromatic nitrogens is 1. The molecule has 2 N–H and O–H groups in total. The van der Waals surface area contributed by atoms with Crippen LogP contribution in [0.2, 0.25) is 0 Å². The fourth-order valence-electron chi connectivity index (χ4n) is 6.05. The Morgan fingerprint density at radius 1 is 1.14 bits per heavy atom. The maximum absolute atomic E-state index is 13.8. The highest BCUT2D eigenvalue weighted by Crippen LogP contribution is 2.41. The molecule has 3 aromatic rings. The number of piperidine rings is 1. The fraction of sp³-hybridized carbons (Fsp3) is 0.433. The molecule has 1 aromatic heterocycles. The SMILES string of the molecule is COc1ccc(-c2csc(CNC(=O)C3(CC(=O)O)Cc4cc(F)c(F)cc4C3)n2)cc1S(=O)(=O)N1CCC(N(C)C)CC1. The standard InChI is InChI=1S/C30H34F2N4O6S2/c1-35(2)21-6-8-36(9-7-21)44(40,41)26-12-18(4-5-25(26)42-3)24-17-43-27(34-24)16-33-29(39)30(15-28(37)38)13-19-10-22(31)23(32)11-20(19)14-30/h4-5,10-12,17,21H,6-9,13-16H2,1-3H3,(H,33,39)(H,37,38). The highest BCUT2D eigenvalue weighted by Gasteiger charge is 2.46. The minimum Gasteiger partial charge on any atom is -0.495 e. The number of hydrogen-bond acceptors (Lipinski definition) is 8. The Morgan fingerprint density at radius 3 is 2.34 bits per heavy atom. The highest BCUT2D eigenvalue weighted by atomic mass is 32.2. The lowest BCUT2D eigenvalue weighted by molar-refractivity contribution is -0.145. The molecule has 1 aliphatic heterocycles. The molecule has 0 radical (unpaired) electrons. The van der Waals surface area contributed by atoms with E-state index >= 15 is 0 Å². The number of nitrogens with zero attached hydrogens (tertiary/aromatic N) is 3. The smallest absolute Gasteiger partial charge is 0.304 e. The van der Waals surface area contributed by atoms with E-state index in [-0.39, 0.29) is 30.0 Å². The van der Waals surface area contributed by atoms with E-state index in [2.05, 4.69) is 15.2 Å². The second-order valence-corrected chi connectivity index (χ2v) is 14.4. The number of thiazole rings is 1. The normalized spacial score (nSPS) is 17.0. The average Bonchev–Trinajstić information content (AvgIpc) is 3.60. The number of halogens is 2. The molecule has 0 bridgehead atoms. The van der Waals surface area contributed by atoms with E-state index in [1.54, 1.807) is 23.6 Å². The maximum atomic E-state index is 13.8. The molecular formula is C30H34F2N4O6S2. The largest absolute Gasteiger partial charge is 0.495 e. The molecule has 0 unspecified atom stereocenters. The van der Waals surface area contributed by atoms with E-state index < -0.39 is 45.4 Å². The quantitative estimate of drug-likeness (QED) is 0.341. The lowest BCUT2D eigenvalue weighted by Crippen LogP contribution is -2.44. The van der Waals surface area contributed by atoms with Gasteiger partial charge in [-0.1, -0.05) is 0 Å². The number of methoxy groups -OCH3 is 1. The topological polar surface area (TPSA) is 129 Å². The maximum Gasteiger partial charge on any atom is 0.304 e. The lowest BCUT2D eigenvalue weighted by atomic mass is 9.80. The number of benzene rings is 2. The number of carboxylic acid groups (broad SMARTS) is 1. The Balaban J connectivity index is 1.31. The predicted molar refractivity (Wildman–Crippen MR) is 160 cm³/mol. The molecule has 2 aliphatic rings. The summed E-state index contributed by atoms with van der Waals surface area (Å²) in [6.45, 7) is 0.793. The molecule has 1 aliphatic carbocycles. The molecular weight excluding hydrogens is 614 g/mol. The van der Waals surface area contributed by atoms with Crippen LogP contribution < -0.4 is 10.1 Å². The average molecular weight is 649 g/mol. The van der Waals surface area contributed by atoms with Crippen LogP contribution >= 0.6 is 11.3 Å². The van der Waals surface area contributed by atoms with Gasteiger partial charge in [-0.2, -0.15) is 4.31 Å².